The number of rotatable bonds is 18. The van der Waals surface area contributed by atoms with Crippen molar-refractivity contribution < 1.29 is 18.6 Å². The van der Waals surface area contributed by atoms with E-state index in [2.05, 4.69) is 548 Å². The molecule has 0 radical (unpaired) electrons. The van der Waals surface area contributed by atoms with E-state index in [0.717, 1.165) is 31.0 Å². The summed E-state index contributed by atoms with van der Waals surface area (Å²) in [5.41, 5.74) is 29.3. The molecule has 0 aromatic heterocycles. The molecule has 2 saturated heterocycles. The third kappa shape index (κ3) is 20.7. The second-order valence-corrected chi connectivity index (χ2v) is 34.7. The first-order valence-corrected chi connectivity index (χ1v) is 44.0. The third-order valence-corrected chi connectivity index (χ3v) is 24.4. The number of benzene rings is 16. The Kier molecular flexibility index (Phi) is 28.0. The van der Waals surface area contributed by atoms with E-state index >= 15 is 0 Å². The molecule has 0 bridgehead atoms. The summed E-state index contributed by atoms with van der Waals surface area (Å²) in [5, 5.41) is 0. The molecule has 2 heterocycles. The summed E-state index contributed by atoms with van der Waals surface area (Å²) in [4.78, 5) is 0. The molecule has 0 unspecified atom stereocenters. The Morgan fingerprint density at radius 3 is 0.548 bits per heavy atom. The Labute approximate surface area is 751 Å². The molecule has 0 spiro atoms. The maximum absolute atomic E-state index is 6.38. The molecule has 4 nitrogen and oxygen atoms in total. The summed E-state index contributed by atoms with van der Waals surface area (Å²) in [6.45, 7) is 16.7. The smallest absolute Gasteiger partial charge is 0.399 e. The average Bonchev–Trinajstić information content (AvgIpc) is 1.57. The molecular weight excluding hydrogens is 1640 g/mol. The van der Waals surface area contributed by atoms with Crippen LogP contribution < -0.4 is 10.9 Å². The minimum absolute atomic E-state index is 0.362. The van der Waals surface area contributed by atoms with Gasteiger partial charge in [0.1, 0.15) is 0 Å². The zero-order chi connectivity index (χ0) is 85.9. The van der Waals surface area contributed by atoms with Gasteiger partial charge in [0.05, 0.1) is 22.4 Å². The van der Waals surface area contributed by atoms with Crippen molar-refractivity contribution in [2.24, 2.45) is 0 Å². The average molecular weight is 1740 g/mol. The minimum atomic E-state index is -0.408. The Bertz CT molecular complexity index is 6080. The molecule has 0 saturated carbocycles. The monoisotopic (exact) mass is 1740 g/mol. The molecule has 18 rings (SSSR count). The van der Waals surface area contributed by atoms with Gasteiger partial charge in [-0.2, -0.15) is 0 Å². The second kappa shape index (κ2) is 40.2. The van der Waals surface area contributed by atoms with Gasteiger partial charge in [-0.15, -0.1) is 0 Å². The lowest BCUT2D eigenvalue weighted by atomic mass is 9.76. The van der Waals surface area contributed by atoms with Crippen LogP contribution in [0, 0.1) is 0 Å². The largest absolute Gasteiger partial charge is 0.494 e. The van der Waals surface area contributed by atoms with Crippen LogP contribution in [0.25, 0.3) is 44.6 Å². The fourth-order valence-electron chi connectivity index (χ4n) is 15.8. The van der Waals surface area contributed by atoms with Crippen LogP contribution >= 0.6 is 31.9 Å². The van der Waals surface area contributed by atoms with Crippen LogP contribution in [-0.4, -0.2) is 36.6 Å². The van der Waals surface area contributed by atoms with Crippen LogP contribution in [0.5, 0.6) is 0 Å². The zero-order valence-electron chi connectivity index (χ0n) is 71.4. The van der Waals surface area contributed by atoms with Crippen molar-refractivity contribution >= 4 is 102 Å². The molecule has 0 amide bonds. The maximum atomic E-state index is 6.38. The van der Waals surface area contributed by atoms with Crippen molar-refractivity contribution in [1.82, 2.24) is 0 Å². The minimum Gasteiger partial charge on any atom is -0.399 e. The predicted octanol–water partition coefficient (Wildman–Crippen LogP) is 28.9. The van der Waals surface area contributed by atoms with Gasteiger partial charge in [-0.1, -0.05) is 469 Å². The van der Waals surface area contributed by atoms with Crippen molar-refractivity contribution in [2.75, 3.05) is 0 Å². The van der Waals surface area contributed by atoms with Crippen molar-refractivity contribution in [3.63, 3.8) is 0 Å². The first-order chi connectivity index (χ1) is 60.4. The van der Waals surface area contributed by atoms with E-state index < -0.39 is 7.12 Å². The van der Waals surface area contributed by atoms with E-state index in [4.69, 9.17) is 18.6 Å². The summed E-state index contributed by atoms with van der Waals surface area (Å²) >= 11 is 7.20. The summed E-state index contributed by atoms with van der Waals surface area (Å²) in [6, 6.07) is 162. The first kappa shape index (κ1) is 86.4. The molecule has 2 fully saturated rings. The van der Waals surface area contributed by atoms with E-state index in [1.54, 1.807) is 0 Å². The molecule has 16 aromatic rings. The molecule has 124 heavy (non-hydrogen) atoms. The lowest BCUT2D eigenvalue weighted by Gasteiger charge is -2.32. The molecular formula is C116H100B2Br2O4. The van der Waals surface area contributed by atoms with Crippen LogP contribution in [0.1, 0.15) is 144 Å². The van der Waals surface area contributed by atoms with E-state index in [1.807, 2.05) is 0 Å². The lowest BCUT2D eigenvalue weighted by molar-refractivity contribution is 0.00578. The Hall–Kier alpha value is -12.6. The van der Waals surface area contributed by atoms with Gasteiger partial charge < -0.3 is 18.6 Å². The highest BCUT2D eigenvalue weighted by Gasteiger charge is 2.53. The first-order valence-electron chi connectivity index (χ1n) is 42.4. The van der Waals surface area contributed by atoms with E-state index in [9.17, 15) is 0 Å². The molecule has 8 heteroatoms. The van der Waals surface area contributed by atoms with Crippen molar-refractivity contribution in [2.45, 2.75) is 77.8 Å². The number of halogens is 2. The van der Waals surface area contributed by atoms with E-state index in [-0.39, 0.29) is 29.5 Å². The highest BCUT2D eigenvalue weighted by molar-refractivity contribution is 9.10. The maximum Gasteiger partial charge on any atom is 0.494 e. The predicted molar refractivity (Wildman–Crippen MR) is 530 cm³/mol. The fraction of sp³-hybridized carbons (Fsp3) is 0.103. The van der Waals surface area contributed by atoms with Gasteiger partial charge in [-0.05, 0) is 224 Å². The zero-order valence-corrected chi connectivity index (χ0v) is 74.6. The van der Waals surface area contributed by atoms with Crippen LogP contribution in [0.3, 0.4) is 0 Å². The van der Waals surface area contributed by atoms with Crippen LogP contribution in [0.4, 0.5) is 0 Å². The number of hydrogen-bond acceptors (Lipinski definition) is 4. The molecule has 2 aliphatic rings. The van der Waals surface area contributed by atoms with Crippen LogP contribution in [-0.2, 0) is 18.6 Å². The van der Waals surface area contributed by atoms with E-state index in [1.165, 1.54) is 122 Å². The topological polar surface area (TPSA) is 36.9 Å². The molecule has 0 aliphatic carbocycles. The standard InChI is InChI=1S/2C32H31BO2.2C26H19Br/c1-31(2)32(3,4)35-33(34-31)28-22-14-21-27(23-28)30(26-19-12-7-13-20-26)29(24-15-8-5-9-16-24)25-17-10-6-11-18-25;1-31(2)32(3,4)35-33(34-31)28-22-20-27(21-23-28)30(26-18-12-7-13-19-26)29(24-14-8-5-9-15-24)25-16-10-6-11-17-25;27-24-18-10-17-23(19-24)26(22-15-8-3-9-16-22)25(20-11-4-1-5-12-20)21-13-6-2-7-14-21;27-24-18-16-23(17-19-24)26(22-14-8-3-9-15-22)25(20-10-4-1-5-11-20)21-12-6-2-7-13-21/h2*5-23H,1-4H3;2*1-19H. The summed E-state index contributed by atoms with van der Waals surface area (Å²) in [5.74, 6) is 0. The highest BCUT2D eigenvalue weighted by Crippen LogP contribution is 2.44. The molecule has 0 atom stereocenters. The van der Waals surface area contributed by atoms with E-state index in [0.29, 0.717) is 0 Å². The number of hydrogen-bond donors (Lipinski definition) is 0. The molecule has 2 aliphatic heterocycles. The highest BCUT2D eigenvalue weighted by atomic mass is 79.9. The Morgan fingerprint density at radius 1 is 0.161 bits per heavy atom. The Morgan fingerprint density at radius 2 is 0.331 bits per heavy atom. The lowest BCUT2D eigenvalue weighted by Crippen LogP contribution is -2.41. The van der Waals surface area contributed by atoms with Gasteiger partial charge in [0, 0.05) is 8.95 Å². The van der Waals surface area contributed by atoms with Crippen molar-refractivity contribution in [3.8, 4) is 0 Å². The SMILES string of the molecule is Brc1ccc(C(=C(c2ccccc2)c2ccccc2)c2ccccc2)cc1.Brc1cccc(C(=C(c2ccccc2)c2ccccc2)c2ccccc2)c1.CC1(C)OB(c2ccc(C(=C(c3ccccc3)c3ccccc3)c3ccccc3)cc2)OC1(C)C.CC1(C)OB(c2cccc(C(=C(c3ccccc3)c3ccccc3)c3ccccc3)c2)OC1(C)C. The molecule has 608 valence electrons. The van der Waals surface area contributed by atoms with Crippen molar-refractivity contribution in [1.29, 1.82) is 0 Å². The molecule has 16 aromatic carbocycles. The van der Waals surface area contributed by atoms with Crippen LogP contribution in [0.2, 0.25) is 0 Å². The van der Waals surface area contributed by atoms with Crippen molar-refractivity contribution in [3.05, 3.63) is 559 Å². The van der Waals surface area contributed by atoms with Gasteiger partial charge >= 0.3 is 14.2 Å². The Balaban J connectivity index is 0.000000129. The molecule has 0 N–H and O–H groups in total. The third-order valence-electron chi connectivity index (χ3n) is 23.4. The summed E-state index contributed by atoms with van der Waals surface area (Å²) < 4.78 is 27.5. The van der Waals surface area contributed by atoms with Gasteiger partial charge in [0.15, 0.2) is 0 Å². The van der Waals surface area contributed by atoms with Gasteiger partial charge in [0.2, 0.25) is 0 Å². The van der Waals surface area contributed by atoms with Crippen LogP contribution in [0.15, 0.2) is 470 Å². The normalized spacial score (nSPS) is 13.7. The summed E-state index contributed by atoms with van der Waals surface area (Å²) in [6.07, 6.45) is 0. The van der Waals surface area contributed by atoms with Gasteiger partial charge in [-0.3, -0.25) is 0 Å². The quantitative estimate of drug-likeness (QED) is 0.0634. The summed E-state index contributed by atoms with van der Waals surface area (Å²) in [7, 11) is -0.783. The van der Waals surface area contributed by atoms with Gasteiger partial charge in [0.25, 0.3) is 0 Å². The second-order valence-electron chi connectivity index (χ2n) is 32.8. The van der Waals surface area contributed by atoms with Gasteiger partial charge in [-0.25, -0.2) is 0 Å². The fourth-order valence-corrected chi connectivity index (χ4v) is 16.4.